The summed E-state index contributed by atoms with van der Waals surface area (Å²) in [6, 6.07) is 9.70. The Morgan fingerprint density at radius 3 is 1.60 bits per heavy atom. The fourth-order valence-electron chi connectivity index (χ4n) is 6.79. The minimum Gasteiger partial charge on any atom is -0.465 e. The Hall–Kier alpha value is -2.16. The van der Waals surface area contributed by atoms with Gasteiger partial charge in [0.1, 0.15) is 0 Å². The highest BCUT2D eigenvalue weighted by molar-refractivity contribution is 5.81. The lowest BCUT2D eigenvalue weighted by molar-refractivity contribution is -0.124. The van der Waals surface area contributed by atoms with E-state index in [1.54, 1.807) is 0 Å². The smallest absolute Gasteiger partial charge is 0.404 e. The second-order valence-corrected chi connectivity index (χ2v) is 15.2. The molecule has 0 saturated carbocycles. The molecule has 1 aromatic rings. The molecule has 53 heavy (non-hydrogen) atoms. The van der Waals surface area contributed by atoms with Gasteiger partial charge in [-0.3, -0.25) is 4.79 Å². The molecule has 0 bridgehead atoms. The first-order valence-electron chi connectivity index (χ1n) is 22.3. The lowest BCUT2D eigenvalue weighted by Gasteiger charge is -2.22. The summed E-state index contributed by atoms with van der Waals surface area (Å²) in [6.45, 7) is 7.84. The van der Waals surface area contributed by atoms with Crippen molar-refractivity contribution in [1.29, 1.82) is 0 Å². The highest BCUT2D eigenvalue weighted by Gasteiger charge is 2.20. The number of amides is 2. The van der Waals surface area contributed by atoms with Crippen molar-refractivity contribution in [2.24, 2.45) is 0 Å². The topological polar surface area (TPSA) is 109 Å². The van der Waals surface area contributed by atoms with E-state index in [4.69, 9.17) is 14.6 Å². The van der Waals surface area contributed by atoms with Crippen LogP contribution >= 0.6 is 0 Å². The van der Waals surface area contributed by atoms with Gasteiger partial charge in [-0.25, -0.2) is 4.79 Å². The van der Waals surface area contributed by atoms with Crippen molar-refractivity contribution in [3.8, 4) is 0 Å². The number of hydrogen-bond acceptors (Lipinski definition) is 5. The molecule has 8 nitrogen and oxygen atoms in total. The molecule has 0 aromatic heterocycles. The van der Waals surface area contributed by atoms with Gasteiger partial charge in [-0.15, -0.1) is 0 Å². The zero-order valence-corrected chi connectivity index (χ0v) is 34.5. The van der Waals surface area contributed by atoms with E-state index in [0.29, 0.717) is 45.7 Å². The molecular weight excluding hydrogens is 663 g/mol. The number of nitrogens with one attached hydrogen (secondary N) is 3. The molecule has 1 unspecified atom stereocenters. The molecule has 308 valence electrons. The summed E-state index contributed by atoms with van der Waals surface area (Å²) in [5.74, 6) is -0.0490. The van der Waals surface area contributed by atoms with Crippen molar-refractivity contribution in [1.82, 2.24) is 16.0 Å². The Morgan fingerprint density at radius 2 is 1.09 bits per heavy atom. The Morgan fingerprint density at radius 1 is 0.604 bits per heavy atom. The largest absolute Gasteiger partial charge is 0.465 e. The van der Waals surface area contributed by atoms with Crippen LogP contribution in [-0.2, 0) is 20.8 Å². The standard InChI is InChI=1S/C45H83N3O5/c1-3-5-7-9-11-13-15-17-19-21-23-30-36-52-40-42(53-37-31-24-22-20-18-16-14-12-10-8-6-4-2)39-48-44(49)43(34-28-29-35-46-45(50)51)47-38-41-32-26-25-27-33-41/h25-27,32-33,42-43,46-47H,3-24,28-31,34-40H2,1-2H3,(H,48,49)(H,50,51)/t42?,43-/m0/s1. The number of carbonyl (C=O) groups excluding carboxylic acids is 1. The van der Waals surface area contributed by atoms with Gasteiger partial charge in [-0.05, 0) is 37.7 Å². The highest BCUT2D eigenvalue weighted by atomic mass is 16.5. The summed E-state index contributed by atoms with van der Waals surface area (Å²) >= 11 is 0. The van der Waals surface area contributed by atoms with E-state index < -0.39 is 6.09 Å². The number of benzene rings is 1. The third-order valence-electron chi connectivity index (χ3n) is 10.2. The van der Waals surface area contributed by atoms with Crippen molar-refractivity contribution in [3.05, 3.63) is 35.9 Å². The molecule has 0 aliphatic rings. The van der Waals surface area contributed by atoms with Gasteiger partial charge < -0.3 is 30.5 Å². The monoisotopic (exact) mass is 746 g/mol. The molecular formula is C45H83N3O5. The van der Waals surface area contributed by atoms with Crippen LogP contribution < -0.4 is 16.0 Å². The third kappa shape index (κ3) is 32.9. The molecule has 0 radical (unpaired) electrons. The summed E-state index contributed by atoms with van der Waals surface area (Å²) in [5.41, 5.74) is 1.12. The number of rotatable bonds is 40. The van der Waals surface area contributed by atoms with E-state index in [1.807, 2.05) is 30.3 Å². The van der Waals surface area contributed by atoms with Crippen LogP contribution in [0.3, 0.4) is 0 Å². The Kier molecular flexibility index (Phi) is 35.1. The summed E-state index contributed by atoms with van der Waals surface area (Å²) < 4.78 is 12.4. The molecule has 4 N–H and O–H groups in total. The quantitative estimate of drug-likeness (QED) is 0.0498. The SMILES string of the molecule is CCCCCCCCCCCCCCOCC(CNC(=O)[C@H](CCCCNC(=O)O)NCc1ccccc1)OCCCCCCCCCCCCCC. The predicted octanol–water partition coefficient (Wildman–Crippen LogP) is 11.5. The first kappa shape index (κ1) is 48.9. The Bertz CT molecular complexity index is 934. The Labute approximate surface area is 326 Å². The van der Waals surface area contributed by atoms with E-state index in [-0.39, 0.29) is 18.1 Å². The van der Waals surface area contributed by atoms with Crippen molar-refractivity contribution < 1.29 is 24.2 Å². The van der Waals surface area contributed by atoms with Gasteiger partial charge in [-0.1, -0.05) is 185 Å². The molecule has 2 atom stereocenters. The first-order chi connectivity index (χ1) is 26.1. The van der Waals surface area contributed by atoms with Gasteiger partial charge in [0.15, 0.2) is 0 Å². The average Bonchev–Trinajstić information content (AvgIpc) is 3.16. The van der Waals surface area contributed by atoms with Crippen molar-refractivity contribution in [2.75, 3.05) is 32.9 Å². The van der Waals surface area contributed by atoms with Crippen LogP contribution in [-0.4, -0.2) is 62.2 Å². The van der Waals surface area contributed by atoms with Crippen LogP contribution in [0, 0.1) is 0 Å². The van der Waals surface area contributed by atoms with Crippen LogP contribution in [0.25, 0.3) is 0 Å². The van der Waals surface area contributed by atoms with Crippen molar-refractivity contribution in [3.63, 3.8) is 0 Å². The molecule has 0 aliphatic carbocycles. The minimum absolute atomic E-state index is 0.0490. The fourth-order valence-corrected chi connectivity index (χ4v) is 6.79. The van der Waals surface area contributed by atoms with Gasteiger partial charge in [0.25, 0.3) is 0 Å². The first-order valence-corrected chi connectivity index (χ1v) is 22.3. The number of unbranched alkanes of at least 4 members (excludes halogenated alkanes) is 23. The summed E-state index contributed by atoms with van der Waals surface area (Å²) in [7, 11) is 0. The number of carboxylic acid groups (broad SMARTS) is 1. The lowest BCUT2D eigenvalue weighted by atomic mass is 10.1. The summed E-state index contributed by atoms with van der Waals surface area (Å²) in [5, 5.41) is 17.9. The van der Waals surface area contributed by atoms with Crippen molar-refractivity contribution in [2.45, 2.75) is 206 Å². The van der Waals surface area contributed by atoms with E-state index in [9.17, 15) is 9.59 Å². The number of carbonyl (C=O) groups is 2. The zero-order chi connectivity index (χ0) is 38.3. The maximum absolute atomic E-state index is 13.5. The summed E-state index contributed by atoms with van der Waals surface area (Å²) in [6.07, 6.45) is 32.4. The summed E-state index contributed by atoms with van der Waals surface area (Å²) in [4.78, 5) is 24.3. The van der Waals surface area contributed by atoms with Gasteiger partial charge in [0, 0.05) is 32.8 Å². The maximum atomic E-state index is 13.5. The van der Waals surface area contributed by atoms with Crippen LogP contribution in [0.5, 0.6) is 0 Å². The van der Waals surface area contributed by atoms with Crippen LogP contribution in [0.1, 0.15) is 193 Å². The molecule has 0 spiro atoms. The molecule has 0 heterocycles. The molecule has 1 rings (SSSR count). The van der Waals surface area contributed by atoms with E-state index in [2.05, 4.69) is 29.8 Å². The van der Waals surface area contributed by atoms with Gasteiger partial charge in [-0.2, -0.15) is 0 Å². The lowest BCUT2D eigenvalue weighted by Crippen LogP contribution is -2.47. The molecule has 0 fully saturated rings. The third-order valence-corrected chi connectivity index (χ3v) is 10.2. The molecule has 8 heteroatoms. The van der Waals surface area contributed by atoms with Gasteiger partial charge in [0.2, 0.25) is 5.91 Å². The molecule has 0 saturated heterocycles. The minimum atomic E-state index is -1.02. The highest BCUT2D eigenvalue weighted by Crippen LogP contribution is 2.14. The predicted molar refractivity (Wildman–Crippen MR) is 223 cm³/mol. The van der Waals surface area contributed by atoms with E-state index in [0.717, 1.165) is 31.4 Å². The van der Waals surface area contributed by atoms with Gasteiger partial charge in [0.05, 0.1) is 18.8 Å². The number of hydrogen-bond donors (Lipinski definition) is 4. The normalized spacial score (nSPS) is 12.5. The Balaban J connectivity index is 2.46. The van der Waals surface area contributed by atoms with E-state index >= 15 is 0 Å². The maximum Gasteiger partial charge on any atom is 0.404 e. The van der Waals surface area contributed by atoms with E-state index in [1.165, 1.54) is 141 Å². The van der Waals surface area contributed by atoms with Crippen LogP contribution in [0.2, 0.25) is 0 Å². The second kappa shape index (κ2) is 38.1. The fraction of sp³-hybridized carbons (Fsp3) is 0.822. The second-order valence-electron chi connectivity index (χ2n) is 15.2. The molecule has 2 amide bonds. The molecule has 1 aromatic carbocycles. The number of ether oxygens (including phenoxy) is 2. The van der Waals surface area contributed by atoms with Gasteiger partial charge >= 0.3 is 6.09 Å². The average molecular weight is 746 g/mol. The molecule has 0 aliphatic heterocycles. The van der Waals surface area contributed by atoms with Crippen molar-refractivity contribution >= 4 is 12.0 Å². The zero-order valence-electron chi connectivity index (χ0n) is 34.5. The van der Waals surface area contributed by atoms with Crippen LogP contribution in [0.15, 0.2) is 30.3 Å². The van der Waals surface area contributed by atoms with Crippen LogP contribution in [0.4, 0.5) is 4.79 Å².